The molecule has 0 aromatic carbocycles. The molecule has 1 rings (SSSR count). The van der Waals surface area contributed by atoms with E-state index in [9.17, 15) is 0 Å². The van der Waals surface area contributed by atoms with Crippen LogP contribution in [0.5, 0.6) is 0 Å². The molecular weight excluding hydrogens is 224 g/mol. The summed E-state index contributed by atoms with van der Waals surface area (Å²) in [6.07, 6.45) is 6.66. The van der Waals surface area contributed by atoms with Gasteiger partial charge < -0.3 is 18.8 Å². The van der Waals surface area contributed by atoms with Gasteiger partial charge in [-0.3, -0.25) is 0 Å². The molecule has 0 radical (unpaired) electrons. The van der Waals surface area contributed by atoms with Crippen molar-refractivity contribution in [2.45, 2.75) is 44.6 Å². The van der Waals surface area contributed by atoms with E-state index in [1.165, 1.54) is 32.1 Å². The number of rotatable bonds is 5. The molecule has 0 amide bonds. The Morgan fingerprint density at radius 2 is 1.38 bits per heavy atom. The minimum absolute atomic E-state index is 0. The van der Waals surface area contributed by atoms with Crippen LogP contribution in [-0.2, 0) is 13.3 Å². The van der Waals surface area contributed by atoms with Crippen molar-refractivity contribution in [3.8, 4) is 0 Å². The molecule has 0 spiro atoms. The molecule has 0 aromatic rings. The molecule has 1 fully saturated rings. The number of hydrogen-bond acceptors (Lipinski definition) is 3. The summed E-state index contributed by atoms with van der Waals surface area (Å²) in [4.78, 5) is 0. The van der Waals surface area contributed by atoms with E-state index in [2.05, 4.69) is 6.92 Å². The van der Waals surface area contributed by atoms with Gasteiger partial charge >= 0.3 is 8.80 Å². The lowest BCUT2D eigenvalue weighted by molar-refractivity contribution is 0.0992. The van der Waals surface area contributed by atoms with E-state index in [1.54, 1.807) is 21.3 Å². The molecule has 2 N–H and O–H groups in total. The summed E-state index contributed by atoms with van der Waals surface area (Å²) < 4.78 is 16.6. The third kappa shape index (κ3) is 3.27. The van der Waals surface area contributed by atoms with Crippen molar-refractivity contribution in [3.63, 3.8) is 0 Å². The molecule has 98 valence electrons. The van der Waals surface area contributed by atoms with Gasteiger partial charge in [-0.2, -0.15) is 0 Å². The Morgan fingerprint density at radius 1 is 0.938 bits per heavy atom. The van der Waals surface area contributed by atoms with Crippen molar-refractivity contribution in [1.29, 1.82) is 0 Å². The van der Waals surface area contributed by atoms with E-state index in [0.717, 1.165) is 0 Å². The Morgan fingerprint density at radius 3 is 1.75 bits per heavy atom. The molecule has 0 heterocycles. The standard InChI is InChI=1S/C11H24O3Si.H2O/c1-10(11-8-6-5-7-9-11)15(12-2,13-3)14-4;/h10-11H,5-9H2,1-4H3;1H2. The molecule has 1 saturated carbocycles. The van der Waals surface area contributed by atoms with Crippen LogP contribution in [0.25, 0.3) is 0 Å². The van der Waals surface area contributed by atoms with E-state index in [4.69, 9.17) is 13.3 Å². The highest BCUT2D eigenvalue weighted by Crippen LogP contribution is 2.39. The van der Waals surface area contributed by atoms with Gasteiger partial charge in [0.05, 0.1) is 0 Å². The second kappa shape index (κ2) is 7.40. The van der Waals surface area contributed by atoms with E-state index in [1.807, 2.05) is 0 Å². The van der Waals surface area contributed by atoms with E-state index in [0.29, 0.717) is 11.5 Å². The van der Waals surface area contributed by atoms with Crippen molar-refractivity contribution in [3.05, 3.63) is 0 Å². The van der Waals surface area contributed by atoms with Crippen LogP contribution < -0.4 is 0 Å². The fourth-order valence-electron chi connectivity index (χ4n) is 2.73. The molecular formula is C11H26O4Si. The lowest BCUT2D eigenvalue weighted by Crippen LogP contribution is -2.49. The molecule has 0 aromatic heterocycles. The normalized spacial score (nSPS) is 20.2. The molecule has 16 heavy (non-hydrogen) atoms. The summed E-state index contributed by atoms with van der Waals surface area (Å²) in [6.45, 7) is 2.22. The average Bonchev–Trinajstić information content (AvgIpc) is 2.33. The third-order valence-corrected chi connectivity index (χ3v) is 7.06. The zero-order chi connectivity index (χ0) is 11.3. The smallest absolute Gasteiger partial charge is 0.412 e. The van der Waals surface area contributed by atoms with Gasteiger partial charge in [0.25, 0.3) is 0 Å². The monoisotopic (exact) mass is 250 g/mol. The van der Waals surface area contributed by atoms with Crippen LogP contribution in [-0.4, -0.2) is 35.6 Å². The van der Waals surface area contributed by atoms with Crippen molar-refractivity contribution in [2.24, 2.45) is 5.92 Å². The lowest BCUT2D eigenvalue weighted by atomic mass is 9.87. The van der Waals surface area contributed by atoms with Crippen LogP contribution in [0.3, 0.4) is 0 Å². The maximum absolute atomic E-state index is 5.55. The summed E-state index contributed by atoms with van der Waals surface area (Å²) in [6, 6.07) is 0. The molecule has 0 aliphatic heterocycles. The van der Waals surface area contributed by atoms with Crippen LogP contribution >= 0.6 is 0 Å². The molecule has 0 bridgehead atoms. The predicted molar refractivity (Wildman–Crippen MR) is 66.4 cm³/mol. The summed E-state index contributed by atoms with van der Waals surface area (Å²) >= 11 is 0. The van der Waals surface area contributed by atoms with Gasteiger partial charge in [0.2, 0.25) is 0 Å². The van der Waals surface area contributed by atoms with Gasteiger partial charge in [-0.1, -0.05) is 39.0 Å². The second-order valence-corrected chi connectivity index (χ2v) is 7.75. The van der Waals surface area contributed by atoms with E-state index in [-0.39, 0.29) is 5.48 Å². The van der Waals surface area contributed by atoms with Crippen LogP contribution in [0.15, 0.2) is 0 Å². The zero-order valence-corrected chi connectivity index (χ0v) is 11.9. The SMILES string of the molecule is CO[Si](OC)(OC)C(C)C1CCCCC1.O. The van der Waals surface area contributed by atoms with E-state index < -0.39 is 8.80 Å². The topological polar surface area (TPSA) is 59.2 Å². The maximum atomic E-state index is 5.55. The molecule has 1 aliphatic carbocycles. The first-order chi connectivity index (χ1) is 7.20. The third-order valence-electron chi connectivity index (χ3n) is 3.77. The molecule has 4 nitrogen and oxygen atoms in total. The molecule has 1 aliphatic rings. The largest absolute Gasteiger partial charge is 0.503 e. The Balaban J connectivity index is 0.00000225. The van der Waals surface area contributed by atoms with Crippen molar-refractivity contribution >= 4 is 8.80 Å². The van der Waals surface area contributed by atoms with Gasteiger partial charge in [-0.05, 0) is 5.92 Å². The van der Waals surface area contributed by atoms with Crippen molar-refractivity contribution < 1.29 is 18.8 Å². The minimum atomic E-state index is -2.41. The minimum Gasteiger partial charge on any atom is -0.412 e. The first-order valence-electron chi connectivity index (χ1n) is 5.85. The van der Waals surface area contributed by atoms with Gasteiger partial charge in [-0.15, -0.1) is 0 Å². The van der Waals surface area contributed by atoms with Gasteiger partial charge in [-0.25, -0.2) is 0 Å². The van der Waals surface area contributed by atoms with Crippen molar-refractivity contribution in [2.75, 3.05) is 21.3 Å². The summed E-state index contributed by atoms with van der Waals surface area (Å²) in [5.41, 5.74) is 0.415. The van der Waals surface area contributed by atoms with E-state index >= 15 is 0 Å². The first-order valence-corrected chi connectivity index (χ1v) is 7.66. The second-order valence-electron chi connectivity index (χ2n) is 4.40. The fraction of sp³-hybridized carbons (Fsp3) is 1.00. The van der Waals surface area contributed by atoms with Gasteiger partial charge in [0.15, 0.2) is 0 Å². The fourth-order valence-corrected chi connectivity index (χ4v) is 5.26. The Kier molecular flexibility index (Phi) is 7.42. The van der Waals surface area contributed by atoms with Crippen LogP contribution in [0.4, 0.5) is 0 Å². The quantitative estimate of drug-likeness (QED) is 0.701. The maximum Gasteiger partial charge on any atom is 0.503 e. The van der Waals surface area contributed by atoms with Crippen LogP contribution in [0.1, 0.15) is 39.0 Å². The highest BCUT2D eigenvalue weighted by Gasteiger charge is 2.48. The summed E-state index contributed by atoms with van der Waals surface area (Å²) in [7, 11) is 2.71. The summed E-state index contributed by atoms with van der Waals surface area (Å²) in [5, 5.41) is 0. The molecule has 1 atom stereocenters. The number of hydrogen-bond donors (Lipinski definition) is 0. The average molecular weight is 250 g/mol. The molecule has 5 heteroatoms. The zero-order valence-electron chi connectivity index (χ0n) is 10.9. The highest BCUT2D eigenvalue weighted by molar-refractivity contribution is 6.62. The van der Waals surface area contributed by atoms with Crippen LogP contribution in [0.2, 0.25) is 5.54 Å². The first kappa shape index (κ1) is 16.1. The van der Waals surface area contributed by atoms with Gasteiger partial charge in [0.1, 0.15) is 0 Å². The van der Waals surface area contributed by atoms with Crippen LogP contribution in [0, 0.1) is 5.92 Å². The molecule has 1 unspecified atom stereocenters. The summed E-state index contributed by atoms with van der Waals surface area (Å²) in [5.74, 6) is 0.713. The van der Waals surface area contributed by atoms with Crippen molar-refractivity contribution in [1.82, 2.24) is 0 Å². The Labute approximate surface area is 100.0 Å². The molecule has 0 saturated heterocycles. The Bertz CT molecular complexity index is 171. The Hall–Kier alpha value is 0.0569. The van der Waals surface area contributed by atoms with Gasteiger partial charge in [0, 0.05) is 26.9 Å². The lowest BCUT2D eigenvalue weighted by Gasteiger charge is -2.36. The predicted octanol–water partition coefficient (Wildman–Crippen LogP) is 2.01. The highest BCUT2D eigenvalue weighted by atomic mass is 28.4.